The second-order valence-corrected chi connectivity index (χ2v) is 8.25. The minimum absolute atomic E-state index is 0.0276. The zero-order chi connectivity index (χ0) is 18.2. The average Bonchev–Trinajstić information content (AvgIpc) is 2.55. The predicted molar refractivity (Wildman–Crippen MR) is 93.6 cm³/mol. The van der Waals surface area contributed by atoms with Gasteiger partial charge in [-0.3, -0.25) is 9.59 Å². The summed E-state index contributed by atoms with van der Waals surface area (Å²) in [6, 6.07) is 11.9. The van der Waals surface area contributed by atoms with Gasteiger partial charge in [-0.25, -0.2) is 12.7 Å². The Morgan fingerprint density at radius 3 is 2.20 bits per heavy atom. The summed E-state index contributed by atoms with van der Waals surface area (Å²) in [5.74, 6) is -0.989. The van der Waals surface area contributed by atoms with Crippen molar-refractivity contribution in [2.75, 3.05) is 0 Å². The van der Waals surface area contributed by atoms with E-state index in [1.54, 1.807) is 36.4 Å². The number of Topliss-reactive ketones (excluding diaryl/α,β-unsaturated/α-hetero) is 1. The van der Waals surface area contributed by atoms with E-state index < -0.39 is 28.4 Å². The van der Waals surface area contributed by atoms with Gasteiger partial charge in [0.15, 0.2) is 0 Å². The molecule has 0 radical (unpaired) electrons. The number of carbonyl (C=O) groups excluding carboxylic acids is 2. The third kappa shape index (κ3) is 3.45. The fraction of sp³-hybridized carbons (Fsp3) is 0.222. The number of nitrogens with zero attached hydrogens (tertiary/aromatic N) is 1. The number of benzene rings is 2. The fourth-order valence-electron chi connectivity index (χ4n) is 2.85. The van der Waals surface area contributed by atoms with Crippen LogP contribution in [-0.2, 0) is 19.6 Å². The number of carbonyl (C=O) groups is 2. The van der Waals surface area contributed by atoms with E-state index in [0.29, 0.717) is 10.6 Å². The Hall–Kier alpha value is -2.18. The van der Waals surface area contributed by atoms with Gasteiger partial charge in [0.05, 0.1) is 17.4 Å². The summed E-state index contributed by atoms with van der Waals surface area (Å²) < 4.78 is 26.9. The maximum Gasteiger partial charge on any atom is 0.267 e. The number of amides is 1. The van der Waals surface area contributed by atoms with E-state index in [1.807, 2.05) is 6.92 Å². The molecule has 130 valence electrons. The molecule has 1 aliphatic rings. The van der Waals surface area contributed by atoms with E-state index in [-0.39, 0.29) is 17.1 Å². The lowest BCUT2D eigenvalue weighted by Gasteiger charge is -2.34. The van der Waals surface area contributed by atoms with E-state index in [9.17, 15) is 18.0 Å². The second-order valence-electron chi connectivity index (χ2n) is 5.99. The molecule has 5 nitrogen and oxygen atoms in total. The summed E-state index contributed by atoms with van der Waals surface area (Å²) in [6.07, 6.45) is -0.451. The van der Waals surface area contributed by atoms with Crippen LogP contribution in [0.4, 0.5) is 0 Å². The molecule has 1 fully saturated rings. The first-order valence-electron chi connectivity index (χ1n) is 7.70. The van der Waals surface area contributed by atoms with Crippen LogP contribution in [0, 0.1) is 6.92 Å². The minimum Gasteiger partial charge on any atom is -0.299 e. The van der Waals surface area contributed by atoms with Crippen molar-refractivity contribution >= 4 is 33.3 Å². The Bertz CT molecular complexity index is 921. The molecule has 7 heteroatoms. The van der Waals surface area contributed by atoms with E-state index in [1.165, 1.54) is 12.1 Å². The van der Waals surface area contributed by atoms with E-state index in [4.69, 9.17) is 11.6 Å². The predicted octanol–water partition coefficient (Wildman–Crippen LogP) is 3.27. The van der Waals surface area contributed by atoms with Crippen molar-refractivity contribution in [3.63, 3.8) is 0 Å². The van der Waals surface area contributed by atoms with Gasteiger partial charge in [-0.15, -0.1) is 0 Å². The van der Waals surface area contributed by atoms with Crippen LogP contribution >= 0.6 is 11.6 Å². The van der Waals surface area contributed by atoms with Crippen molar-refractivity contribution in [2.24, 2.45) is 0 Å². The number of aryl methyl sites for hydroxylation is 1. The summed E-state index contributed by atoms with van der Waals surface area (Å²) in [5, 5.41) is 0.491. The number of ketones is 1. The molecule has 0 aliphatic carbocycles. The third-order valence-corrected chi connectivity index (χ3v) is 6.23. The quantitative estimate of drug-likeness (QED) is 0.769. The van der Waals surface area contributed by atoms with Gasteiger partial charge in [0.25, 0.3) is 10.0 Å². The maximum atomic E-state index is 13.0. The Morgan fingerprint density at radius 2 is 1.60 bits per heavy atom. The van der Waals surface area contributed by atoms with E-state index in [2.05, 4.69) is 0 Å². The van der Waals surface area contributed by atoms with Gasteiger partial charge >= 0.3 is 0 Å². The van der Waals surface area contributed by atoms with Gasteiger partial charge in [-0.1, -0.05) is 41.4 Å². The normalized spacial score (nSPS) is 18.5. The number of rotatable bonds is 3. The van der Waals surface area contributed by atoms with Crippen molar-refractivity contribution in [1.82, 2.24) is 4.31 Å². The third-order valence-electron chi connectivity index (χ3n) is 4.13. The zero-order valence-corrected chi connectivity index (χ0v) is 15.0. The van der Waals surface area contributed by atoms with Gasteiger partial charge in [0, 0.05) is 11.4 Å². The van der Waals surface area contributed by atoms with Gasteiger partial charge in [-0.2, -0.15) is 0 Å². The van der Waals surface area contributed by atoms with Crippen molar-refractivity contribution in [3.05, 3.63) is 64.7 Å². The van der Waals surface area contributed by atoms with Gasteiger partial charge in [-0.05, 0) is 36.8 Å². The molecule has 0 saturated carbocycles. The van der Waals surface area contributed by atoms with Crippen molar-refractivity contribution < 1.29 is 18.0 Å². The van der Waals surface area contributed by atoms with Crippen LogP contribution in [0.5, 0.6) is 0 Å². The Labute approximate surface area is 151 Å². The lowest BCUT2D eigenvalue weighted by atomic mass is 9.96. The first-order chi connectivity index (χ1) is 11.8. The summed E-state index contributed by atoms with van der Waals surface area (Å²) in [4.78, 5) is 24.4. The minimum atomic E-state index is -4.06. The number of halogens is 1. The molecule has 0 aromatic heterocycles. The van der Waals surface area contributed by atoms with Crippen molar-refractivity contribution in [1.29, 1.82) is 0 Å². The van der Waals surface area contributed by atoms with Crippen LogP contribution in [0.3, 0.4) is 0 Å². The Morgan fingerprint density at radius 1 is 1.00 bits per heavy atom. The molecule has 0 bridgehead atoms. The monoisotopic (exact) mass is 377 g/mol. The highest BCUT2D eigenvalue weighted by Gasteiger charge is 2.41. The highest BCUT2D eigenvalue weighted by Crippen LogP contribution is 2.35. The number of piperidine rings is 1. The molecule has 25 heavy (non-hydrogen) atoms. The lowest BCUT2D eigenvalue weighted by Crippen LogP contribution is -2.45. The van der Waals surface area contributed by atoms with Crippen LogP contribution in [0.1, 0.15) is 30.0 Å². The van der Waals surface area contributed by atoms with Crippen LogP contribution < -0.4 is 0 Å². The molecule has 0 spiro atoms. The highest BCUT2D eigenvalue weighted by molar-refractivity contribution is 7.89. The molecular formula is C18H16ClNO4S. The first kappa shape index (κ1) is 17.6. The molecule has 0 N–H and O–H groups in total. The Kier molecular flexibility index (Phi) is 4.67. The molecule has 1 heterocycles. The van der Waals surface area contributed by atoms with Crippen molar-refractivity contribution in [2.45, 2.75) is 30.7 Å². The second kappa shape index (κ2) is 6.61. The van der Waals surface area contributed by atoms with E-state index >= 15 is 0 Å². The molecule has 1 unspecified atom stereocenters. The molecule has 1 amide bonds. The molecular weight excluding hydrogens is 362 g/mol. The van der Waals surface area contributed by atoms with Crippen LogP contribution in [0.2, 0.25) is 5.02 Å². The average molecular weight is 378 g/mol. The molecule has 2 aromatic rings. The highest BCUT2D eigenvalue weighted by atomic mass is 35.5. The molecule has 1 aliphatic heterocycles. The first-order valence-corrected chi connectivity index (χ1v) is 9.52. The zero-order valence-electron chi connectivity index (χ0n) is 13.5. The fourth-order valence-corrected chi connectivity index (χ4v) is 4.55. The summed E-state index contributed by atoms with van der Waals surface area (Å²) in [6.45, 7) is 1.84. The van der Waals surface area contributed by atoms with Crippen LogP contribution in [-0.4, -0.2) is 24.4 Å². The topological polar surface area (TPSA) is 71.5 Å². The molecule has 1 atom stereocenters. The largest absolute Gasteiger partial charge is 0.299 e. The molecule has 3 rings (SSSR count). The number of sulfonamides is 1. The summed E-state index contributed by atoms with van der Waals surface area (Å²) >= 11 is 5.88. The number of hydrogen-bond donors (Lipinski definition) is 0. The molecule has 1 saturated heterocycles. The number of hydrogen-bond acceptors (Lipinski definition) is 4. The van der Waals surface area contributed by atoms with Gasteiger partial charge in [0.1, 0.15) is 5.78 Å². The van der Waals surface area contributed by atoms with Crippen LogP contribution in [0.15, 0.2) is 53.4 Å². The van der Waals surface area contributed by atoms with Gasteiger partial charge in [0.2, 0.25) is 5.91 Å². The maximum absolute atomic E-state index is 13.0. The molecule has 2 aromatic carbocycles. The van der Waals surface area contributed by atoms with Gasteiger partial charge < -0.3 is 0 Å². The Balaban J connectivity index is 2.08. The lowest BCUT2D eigenvalue weighted by molar-refractivity contribution is -0.137. The summed E-state index contributed by atoms with van der Waals surface area (Å²) in [5.41, 5.74) is 1.47. The smallest absolute Gasteiger partial charge is 0.267 e. The van der Waals surface area contributed by atoms with Crippen molar-refractivity contribution in [3.8, 4) is 0 Å². The standard InChI is InChI=1S/C18H16ClNO4S/c1-12-2-8-16(9-3-12)25(23,24)20-17(10-15(21)11-18(20)22)13-4-6-14(19)7-5-13/h2-9,17H,10-11H2,1H3. The van der Waals surface area contributed by atoms with Crippen LogP contribution in [0.25, 0.3) is 0 Å². The summed E-state index contributed by atoms with van der Waals surface area (Å²) in [7, 11) is -4.06. The van der Waals surface area contributed by atoms with E-state index in [0.717, 1.165) is 9.87 Å². The SMILES string of the molecule is Cc1ccc(S(=O)(=O)N2C(=O)CC(=O)CC2c2ccc(Cl)cc2)cc1.